The number of aliphatic hydroxyl groups excluding tert-OH is 1. The summed E-state index contributed by atoms with van der Waals surface area (Å²) >= 11 is 3.35. The third-order valence-corrected chi connectivity index (χ3v) is 3.14. The van der Waals surface area contributed by atoms with Crippen molar-refractivity contribution in [3.8, 4) is 5.75 Å². The Kier molecular flexibility index (Phi) is 4.76. The highest BCUT2D eigenvalue weighted by atomic mass is 79.9. The SMILES string of the molecule is COc1ccccc1[C@@H](O)CNc1cncc(Br)c1. The van der Waals surface area contributed by atoms with Crippen LogP contribution in [0.4, 0.5) is 5.69 Å². The van der Waals surface area contributed by atoms with Crippen LogP contribution in [0.3, 0.4) is 0 Å². The number of nitrogens with zero attached hydrogens (tertiary/aromatic N) is 1. The fraction of sp³-hybridized carbons (Fsp3) is 0.214. The van der Waals surface area contributed by atoms with Crippen LogP contribution in [0, 0.1) is 0 Å². The first-order valence-corrected chi connectivity index (χ1v) is 6.65. The highest BCUT2D eigenvalue weighted by molar-refractivity contribution is 9.10. The lowest BCUT2D eigenvalue weighted by atomic mass is 10.1. The number of methoxy groups -OCH3 is 1. The van der Waals surface area contributed by atoms with Crippen molar-refractivity contribution in [3.63, 3.8) is 0 Å². The van der Waals surface area contributed by atoms with Gasteiger partial charge >= 0.3 is 0 Å². The largest absolute Gasteiger partial charge is 0.496 e. The topological polar surface area (TPSA) is 54.4 Å². The van der Waals surface area contributed by atoms with Crippen LogP contribution < -0.4 is 10.1 Å². The fourth-order valence-electron chi connectivity index (χ4n) is 1.77. The Bertz CT molecular complexity index is 548. The minimum absolute atomic E-state index is 0.387. The number of aromatic nitrogens is 1. The molecule has 0 aliphatic heterocycles. The van der Waals surface area contributed by atoms with E-state index >= 15 is 0 Å². The van der Waals surface area contributed by atoms with Crippen molar-refractivity contribution < 1.29 is 9.84 Å². The number of nitrogens with one attached hydrogen (secondary N) is 1. The van der Waals surface area contributed by atoms with Crippen molar-refractivity contribution in [2.24, 2.45) is 0 Å². The summed E-state index contributed by atoms with van der Waals surface area (Å²) in [5, 5.41) is 13.3. The molecule has 5 heteroatoms. The number of hydrogen-bond acceptors (Lipinski definition) is 4. The molecule has 0 fully saturated rings. The van der Waals surface area contributed by atoms with Gasteiger partial charge in [-0.25, -0.2) is 0 Å². The highest BCUT2D eigenvalue weighted by Crippen LogP contribution is 2.25. The molecule has 4 nitrogen and oxygen atoms in total. The number of aliphatic hydroxyl groups is 1. The van der Waals surface area contributed by atoms with Crippen LogP contribution in [0.1, 0.15) is 11.7 Å². The molecule has 0 spiro atoms. The number of halogens is 1. The lowest BCUT2D eigenvalue weighted by Gasteiger charge is -2.15. The van der Waals surface area contributed by atoms with E-state index in [0.29, 0.717) is 12.3 Å². The summed E-state index contributed by atoms with van der Waals surface area (Å²) in [6.45, 7) is 0.387. The average Bonchev–Trinajstić information content (AvgIpc) is 2.45. The van der Waals surface area contributed by atoms with Crippen LogP contribution in [0.5, 0.6) is 5.75 Å². The average molecular weight is 323 g/mol. The molecule has 0 saturated carbocycles. The van der Waals surface area contributed by atoms with Crippen molar-refractivity contribution in [2.45, 2.75) is 6.10 Å². The van der Waals surface area contributed by atoms with Crippen molar-refractivity contribution in [2.75, 3.05) is 19.0 Å². The molecule has 1 atom stereocenters. The molecule has 0 unspecified atom stereocenters. The van der Waals surface area contributed by atoms with E-state index in [1.54, 1.807) is 19.5 Å². The molecule has 1 aromatic heterocycles. The Morgan fingerprint density at radius 2 is 2.16 bits per heavy atom. The van der Waals surface area contributed by atoms with Crippen LogP contribution in [0.2, 0.25) is 0 Å². The standard InChI is InChI=1S/C14H15BrN2O2/c1-19-14-5-3-2-4-12(14)13(18)9-17-11-6-10(15)7-16-8-11/h2-8,13,17-18H,9H2,1H3/t13-/m0/s1. The first-order chi connectivity index (χ1) is 9.20. The molecule has 19 heavy (non-hydrogen) atoms. The molecule has 0 aliphatic rings. The maximum atomic E-state index is 10.2. The molecule has 100 valence electrons. The van der Waals surface area contributed by atoms with Crippen LogP contribution in [-0.4, -0.2) is 23.7 Å². The van der Waals surface area contributed by atoms with Gasteiger partial charge in [-0.15, -0.1) is 0 Å². The monoisotopic (exact) mass is 322 g/mol. The molecule has 0 radical (unpaired) electrons. The van der Waals surface area contributed by atoms with Gasteiger partial charge in [0.1, 0.15) is 5.75 Å². The van der Waals surface area contributed by atoms with Gasteiger partial charge in [-0.1, -0.05) is 18.2 Å². The number of benzene rings is 1. The van der Waals surface area contributed by atoms with Crippen molar-refractivity contribution in [1.82, 2.24) is 4.98 Å². The van der Waals surface area contributed by atoms with E-state index in [4.69, 9.17) is 4.74 Å². The fourth-order valence-corrected chi connectivity index (χ4v) is 2.14. The van der Waals surface area contributed by atoms with E-state index in [-0.39, 0.29) is 0 Å². The molecule has 2 rings (SSSR count). The predicted molar refractivity (Wildman–Crippen MR) is 78.4 cm³/mol. The van der Waals surface area contributed by atoms with Gasteiger partial charge in [0.15, 0.2) is 0 Å². The lowest BCUT2D eigenvalue weighted by Crippen LogP contribution is -2.13. The summed E-state index contributed by atoms with van der Waals surface area (Å²) in [7, 11) is 1.59. The molecule has 0 amide bonds. The summed E-state index contributed by atoms with van der Waals surface area (Å²) < 4.78 is 6.12. The quantitative estimate of drug-likeness (QED) is 0.888. The van der Waals surface area contributed by atoms with Crippen LogP contribution in [0.15, 0.2) is 47.2 Å². The van der Waals surface area contributed by atoms with Crippen LogP contribution in [-0.2, 0) is 0 Å². The molecule has 2 N–H and O–H groups in total. The minimum Gasteiger partial charge on any atom is -0.496 e. The molecular weight excluding hydrogens is 308 g/mol. The molecule has 0 bridgehead atoms. The summed E-state index contributed by atoms with van der Waals surface area (Å²) in [5.74, 6) is 0.684. The zero-order chi connectivity index (χ0) is 13.7. The van der Waals surface area contributed by atoms with Crippen LogP contribution in [0.25, 0.3) is 0 Å². The lowest BCUT2D eigenvalue weighted by molar-refractivity contribution is 0.187. The zero-order valence-corrected chi connectivity index (χ0v) is 12.1. The third kappa shape index (κ3) is 3.68. The maximum Gasteiger partial charge on any atom is 0.124 e. The second-order valence-electron chi connectivity index (χ2n) is 4.03. The maximum absolute atomic E-state index is 10.2. The molecule has 2 aromatic rings. The van der Waals surface area contributed by atoms with Gasteiger partial charge in [0, 0.05) is 22.8 Å². The molecule has 0 aliphatic carbocycles. The van der Waals surface area contributed by atoms with E-state index in [2.05, 4.69) is 26.2 Å². The number of pyridine rings is 1. The van der Waals surface area contributed by atoms with E-state index in [0.717, 1.165) is 15.7 Å². The molecule has 1 heterocycles. The first kappa shape index (κ1) is 13.8. The highest BCUT2D eigenvalue weighted by Gasteiger charge is 2.12. The summed E-state index contributed by atoms with van der Waals surface area (Å²) in [5.41, 5.74) is 1.61. The summed E-state index contributed by atoms with van der Waals surface area (Å²) in [6, 6.07) is 9.34. The van der Waals surface area contributed by atoms with Gasteiger partial charge in [-0.05, 0) is 28.1 Å². The van der Waals surface area contributed by atoms with Gasteiger partial charge in [0.2, 0.25) is 0 Å². The predicted octanol–water partition coefficient (Wildman–Crippen LogP) is 3.00. The molecule has 1 aromatic carbocycles. The first-order valence-electron chi connectivity index (χ1n) is 5.86. The van der Waals surface area contributed by atoms with Gasteiger partial charge in [-0.3, -0.25) is 4.98 Å². The number of hydrogen-bond donors (Lipinski definition) is 2. The number of anilines is 1. The third-order valence-electron chi connectivity index (χ3n) is 2.70. The Labute approximate surface area is 120 Å². The zero-order valence-electron chi connectivity index (χ0n) is 10.5. The van der Waals surface area contributed by atoms with Crippen molar-refractivity contribution in [1.29, 1.82) is 0 Å². The Morgan fingerprint density at radius 3 is 2.89 bits per heavy atom. The van der Waals surface area contributed by atoms with E-state index in [1.807, 2.05) is 30.3 Å². The Hall–Kier alpha value is -1.59. The molecule has 0 saturated heterocycles. The Balaban J connectivity index is 2.03. The van der Waals surface area contributed by atoms with Gasteiger partial charge in [0.05, 0.1) is 25.1 Å². The number of para-hydroxylation sites is 1. The summed E-state index contributed by atoms with van der Waals surface area (Å²) in [6.07, 6.45) is 2.77. The second-order valence-corrected chi connectivity index (χ2v) is 4.95. The second kappa shape index (κ2) is 6.54. The van der Waals surface area contributed by atoms with E-state index in [9.17, 15) is 5.11 Å². The Morgan fingerprint density at radius 1 is 1.37 bits per heavy atom. The minimum atomic E-state index is -0.643. The van der Waals surface area contributed by atoms with Gasteiger partial charge in [-0.2, -0.15) is 0 Å². The number of rotatable bonds is 5. The number of ether oxygens (including phenoxy) is 1. The summed E-state index contributed by atoms with van der Waals surface area (Å²) in [4.78, 5) is 4.05. The van der Waals surface area contributed by atoms with Crippen molar-refractivity contribution in [3.05, 3.63) is 52.8 Å². The normalized spacial score (nSPS) is 11.9. The van der Waals surface area contributed by atoms with Gasteiger partial charge in [0.25, 0.3) is 0 Å². The van der Waals surface area contributed by atoms with Gasteiger partial charge < -0.3 is 15.2 Å². The van der Waals surface area contributed by atoms with E-state index < -0.39 is 6.10 Å². The van der Waals surface area contributed by atoms with Crippen molar-refractivity contribution >= 4 is 21.6 Å². The van der Waals surface area contributed by atoms with E-state index in [1.165, 1.54) is 0 Å². The van der Waals surface area contributed by atoms with Crippen LogP contribution >= 0.6 is 15.9 Å². The molecular formula is C14H15BrN2O2. The smallest absolute Gasteiger partial charge is 0.124 e.